The number of likely N-dealkylation sites (tertiary alicyclic amines) is 1. The number of benzene rings is 2. The summed E-state index contributed by atoms with van der Waals surface area (Å²) in [6.45, 7) is 13.6. The number of hydrogen-bond acceptors (Lipinski definition) is 4. The van der Waals surface area contributed by atoms with Crippen molar-refractivity contribution in [1.82, 2.24) is 4.90 Å². The van der Waals surface area contributed by atoms with Crippen LogP contribution in [0.5, 0.6) is 11.5 Å². The Morgan fingerprint density at radius 1 is 0.879 bits per heavy atom. The van der Waals surface area contributed by atoms with Gasteiger partial charge >= 0.3 is 6.03 Å². The lowest BCUT2D eigenvalue weighted by Crippen LogP contribution is -2.46. The van der Waals surface area contributed by atoms with Crippen LogP contribution in [0.4, 0.5) is 27.5 Å². The Morgan fingerprint density at radius 2 is 1.33 bits per heavy atom. The number of piperidine rings is 1. The standard InChI is InChI=1S/C26H35ClN4O2/c1-5-28(6-2)20-9-11-22-24(17-20)33-25-18-21(29(7-3)8-4)10-12-23(25)31(22)26(32)30-15-13-19(27)14-16-30/h9-12,17-19H,5-8,13-16H2,1-4H3. The van der Waals surface area contributed by atoms with E-state index in [0.29, 0.717) is 24.6 Å². The molecule has 2 aliphatic rings. The van der Waals surface area contributed by atoms with Gasteiger partial charge in [0, 0.05) is 68.2 Å². The molecule has 2 aromatic carbocycles. The van der Waals surface area contributed by atoms with Crippen LogP contribution in [0.25, 0.3) is 0 Å². The summed E-state index contributed by atoms with van der Waals surface area (Å²) < 4.78 is 6.44. The van der Waals surface area contributed by atoms with Gasteiger partial charge < -0.3 is 19.4 Å². The summed E-state index contributed by atoms with van der Waals surface area (Å²) in [4.78, 5) is 22.1. The molecule has 0 atom stereocenters. The molecule has 0 spiro atoms. The van der Waals surface area contributed by atoms with Gasteiger partial charge in [-0.05, 0) is 64.8 Å². The summed E-state index contributed by atoms with van der Waals surface area (Å²) in [6.07, 6.45) is 1.64. The summed E-state index contributed by atoms with van der Waals surface area (Å²) in [5.41, 5.74) is 3.76. The predicted molar refractivity (Wildman–Crippen MR) is 138 cm³/mol. The van der Waals surface area contributed by atoms with Gasteiger partial charge in [-0.1, -0.05) is 0 Å². The number of halogens is 1. The van der Waals surface area contributed by atoms with E-state index in [1.807, 2.05) is 21.9 Å². The van der Waals surface area contributed by atoms with Crippen molar-refractivity contribution < 1.29 is 9.53 Å². The molecule has 2 amide bonds. The van der Waals surface area contributed by atoms with Gasteiger partial charge in [-0.25, -0.2) is 4.79 Å². The molecular formula is C26H35ClN4O2. The van der Waals surface area contributed by atoms with Crippen molar-refractivity contribution in [2.75, 3.05) is 54.0 Å². The zero-order valence-electron chi connectivity index (χ0n) is 20.2. The minimum absolute atomic E-state index is 0.0180. The van der Waals surface area contributed by atoms with E-state index in [1.54, 1.807) is 0 Å². The molecule has 4 rings (SSSR count). The molecule has 2 aromatic rings. The van der Waals surface area contributed by atoms with Crippen LogP contribution in [0.3, 0.4) is 0 Å². The van der Waals surface area contributed by atoms with Crippen molar-refractivity contribution in [1.29, 1.82) is 0 Å². The molecule has 0 N–H and O–H groups in total. The Labute approximate surface area is 202 Å². The van der Waals surface area contributed by atoms with Crippen molar-refractivity contribution in [3.63, 3.8) is 0 Å². The number of carbonyl (C=O) groups is 1. The monoisotopic (exact) mass is 470 g/mol. The lowest BCUT2D eigenvalue weighted by molar-refractivity contribution is 0.196. The number of carbonyl (C=O) groups excluding carboxylic acids is 1. The summed E-state index contributed by atoms with van der Waals surface area (Å²) in [5, 5.41) is 0.145. The molecule has 33 heavy (non-hydrogen) atoms. The summed E-state index contributed by atoms with van der Waals surface area (Å²) >= 11 is 6.30. The van der Waals surface area contributed by atoms with Crippen LogP contribution in [0, 0.1) is 0 Å². The third kappa shape index (κ3) is 4.58. The molecule has 7 heteroatoms. The van der Waals surface area contributed by atoms with Gasteiger partial charge in [0.15, 0.2) is 11.5 Å². The van der Waals surface area contributed by atoms with Crippen molar-refractivity contribution in [2.24, 2.45) is 0 Å². The zero-order valence-corrected chi connectivity index (χ0v) is 20.9. The quantitative estimate of drug-likeness (QED) is 0.455. The molecule has 1 saturated heterocycles. The fourth-order valence-electron chi connectivity index (χ4n) is 4.74. The van der Waals surface area contributed by atoms with Gasteiger partial charge in [0.2, 0.25) is 0 Å². The third-order valence-corrected chi connectivity index (χ3v) is 7.17. The van der Waals surface area contributed by atoms with Crippen LogP contribution in [-0.4, -0.2) is 55.6 Å². The second-order valence-electron chi connectivity index (χ2n) is 8.53. The normalized spacial score (nSPS) is 15.5. The van der Waals surface area contributed by atoms with E-state index < -0.39 is 0 Å². The maximum absolute atomic E-state index is 13.8. The highest BCUT2D eigenvalue weighted by Crippen LogP contribution is 2.49. The highest BCUT2D eigenvalue weighted by atomic mass is 35.5. The second kappa shape index (κ2) is 10.1. The zero-order chi connectivity index (χ0) is 23.5. The molecule has 0 radical (unpaired) electrons. The lowest BCUT2D eigenvalue weighted by atomic mass is 10.1. The van der Waals surface area contributed by atoms with Crippen molar-refractivity contribution in [2.45, 2.75) is 45.9 Å². The maximum atomic E-state index is 13.8. The van der Waals surface area contributed by atoms with E-state index in [1.165, 1.54) is 0 Å². The van der Waals surface area contributed by atoms with E-state index >= 15 is 0 Å². The number of urea groups is 1. The minimum Gasteiger partial charge on any atom is -0.453 e. The van der Waals surface area contributed by atoms with Gasteiger partial charge in [0.25, 0.3) is 0 Å². The van der Waals surface area contributed by atoms with E-state index in [0.717, 1.165) is 61.8 Å². The molecule has 0 unspecified atom stereocenters. The van der Waals surface area contributed by atoms with Crippen LogP contribution in [0.15, 0.2) is 36.4 Å². The summed E-state index contributed by atoms with van der Waals surface area (Å²) in [7, 11) is 0. The Morgan fingerprint density at radius 3 is 1.76 bits per heavy atom. The van der Waals surface area contributed by atoms with Crippen LogP contribution >= 0.6 is 11.6 Å². The second-order valence-corrected chi connectivity index (χ2v) is 9.15. The fourth-order valence-corrected chi connectivity index (χ4v) is 4.94. The number of ether oxygens (including phenoxy) is 1. The van der Waals surface area contributed by atoms with E-state index in [2.05, 4.69) is 61.8 Å². The Bertz CT molecular complexity index is 921. The van der Waals surface area contributed by atoms with E-state index in [9.17, 15) is 4.79 Å². The number of nitrogens with zero attached hydrogens (tertiary/aromatic N) is 4. The maximum Gasteiger partial charge on any atom is 0.329 e. The average Bonchev–Trinajstić information content (AvgIpc) is 2.84. The first-order valence-corrected chi connectivity index (χ1v) is 12.6. The van der Waals surface area contributed by atoms with Crippen molar-refractivity contribution in [3.05, 3.63) is 36.4 Å². The van der Waals surface area contributed by atoms with Crippen molar-refractivity contribution >= 4 is 40.4 Å². The predicted octanol–water partition coefficient (Wildman–Crippen LogP) is 6.45. The Hall–Kier alpha value is -2.60. The van der Waals surface area contributed by atoms with Gasteiger partial charge in [0.05, 0.1) is 11.4 Å². The number of rotatable bonds is 6. The molecule has 0 bridgehead atoms. The minimum atomic E-state index is -0.0180. The van der Waals surface area contributed by atoms with Gasteiger partial charge in [-0.2, -0.15) is 0 Å². The first kappa shape index (κ1) is 23.6. The van der Waals surface area contributed by atoms with Crippen LogP contribution < -0.4 is 19.4 Å². The summed E-state index contributed by atoms with van der Waals surface area (Å²) in [5.74, 6) is 1.42. The SMILES string of the molecule is CCN(CC)c1ccc2c(c1)Oc1cc(N(CC)CC)ccc1N2C(=O)N1CCC(Cl)CC1. The highest BCUT2D eigenvalue weighted by molar-refractivity contribution is 6.20. The third-order valence-electron chi connectivity index (χ3n) is 6.73. The highest BCUT2D eigenvalue weighted by Gasteiger charge is 2.34. The number of hydrogen-bond donors (Lipinski definition) is 0. The van der Waals surface area contributed by atoms with E-state index in [4.69, 9.17) is 16.3 Å². The smallest absolute Gasteiger partial charge is 0.329 e. The molecule has 1 fully saturated rings. The number of amides is 2. The molecule has 2 aliphatic heterocycles. The van der Waals surface area contributed by atoms with Crippen LogP contribution in [0.2, 0.25) is 0 Å². The molecule has 178 valence electrons. The topological polar surface area (TPSA) is 39.3 Å². The lowest BCUT2D eigenvalue weighted by Gasteiger charge is -2.38. The molecular weight excluding hydrogens is 436 g/mol. The van der Waals surface area contributed by atoms with Gasteiger partial charge in [-0.3, -0.25) is 4.90 Å². The Balaban J connectivity index is 1.77. The first-order chi connectivity index (χ1) is 16.0. The van der Waals surface area contributed by atoms with Crippen molar-refractivity contribution in [3.8, 4) is 11.5 Å². The van der Waals surface area contributed by atoms with Gasteiger partial charge in [0.1, 0.15) is 0 Å². The summed E-state index contributed by atoms with van der Waals surface area (Å²) in [6, 6.07) is 12.3. The molecule has 0 aliphatic carbocycles. The Kier molecular flexibility index (Phi) is 7.23. The number of alkyl halides is 1. The average molecular weight is 471 g/mol. The fraction of sp³-hybridized carbons (Fsp3) is 0.500. The molecule has 0 saturated carbocycles. The van der Waals surface area contributed by atoms with Gasteiger partial charge in [-0.15, -0.1) is 11.6 Å². The van der Waals surface area contributed by atoms with Crippen LogP contribution in [-0.2, 0) is 0 Å². The molecule has 6 nitrogen and oxygen atoms in total. The number of anilines is 4. The van der Waals surface area contributed by atoms with Crippen LogP contribution in [0.1, 0.15) is 40.5 Å². The molecule has 0 aromatic heterocycles. The molecule has 2 heterocycles. The number of fused-ring (bicyclic) bond motifs is 2. The van der Waals surface area contributed by atoms with E-state index in [-0.39, 0.29) is 11.4 Å². The largest absolute Gasteiger partial charge is 0.453 e. The first-order valence-electron chi connectivity index (χ1n) is 12.2.